The highest BCUT2D eigenvalue weighted by Crippen LogP contribution is 2.67. The summed E-state index contributed by atoms with van der Waals surface area (Å²) in [6.07, 6.45) is 19.6. The summed E-state index contributed by atoms with van der Waals surface area (Å²) >= 11 is 0. The lowest BCUT2D eigenvalue weighted by Crippen LogP contribution is -2.50. The van der Waals surface area contributed by atoms with Gasteiger partial charge in [-0.25, -0.2) is 0 Å². The zero-order valence-corrected chi connectivity index (χ0v) is 24.4. The van der Waals surface area contributed by atoms with Gasteiger partial charge in [-0.3, -0.25) is 0 Å². The number of allylic oxidation sites excluding steroid dienone is 2. The topological polar surface area (TPSA) is 38.7 Å². The average Bonchev–Trinajstić information content (AvgIpc) is 3.20. The van der Waals surface area contributed by atoms with Crippen LogP contribution in [-0.2, 0) is 9.47 Å². The maximum atomic E-state index is 8.79. The fraction of sp³-hybridized carbons (Fsp3) is 0.939. The van der Waals surface area contributed by atoms with Crippen LogP contribution in [0.1, 0.15) is 112 Å². The first-order valence-electron chi connectivity index (χ1n) is 15.8. The van der Waals surface area contributed by atoms with Gasteiger partial charge in [-0.05, 0) is 110 Å². The molecular formula is C33H58O3. The van der Waals surface area contributed by atoms with Crippen molar-refractivity contribution < 1.29 is 14.6 Å². The van der Waals surface area contributed by atoms with Crippen LogP contribution in [0.3, 0.4) is 0 Å². The van der Waals surface area contributed by atoms with E-state index in [0.717, 1.165) is 48.0 Å². The van der Waals surface area contributed by atoms with Gasteiger partial charge in [0.25, 0.3) is 0 Å². The molecule has 0 spiro atoms. The largest absolute Gasteiger partial charge is 0.394 e. The van der Waals surface area contributed by atoms with Gasteiger partial charge >= 0.3 is 0 Å². The molecule has 0 unspecified atom stereocenters. The smallest absolute Gasteiger partial charge is 0.0701 e. The third-order valence-electron chi connectivity index (χ3n) is 11.7. The second-order valence-corrected chi connectivity index (χ2v) is 14.1. The summed E-state index contributed by atoms with van der Waals surface area (Å²) in [4.78, 5) is 0. The molecule has 0 aliphatic heterocycles. The summed E-state index contributed by atoms with van der Waals surface area (Å²) < 4.78 is 11.1. The van der Waals surface area contributed by atoms with Gasteiger partial charge in [0.15, 0.2) is 0 Å². The van der Waals surface area contributed by atoms with Gasteiger partial charge in [-0.2, -0.15) is 0 Å². The highest BCUT2D eigenvalue weighted by Gasteiger charge is 2.59. The molecule has 4 aliphatic carbocycles. The van der Waals surface area contributed by atoms with Crippen LogP contribution in [0.2, 0.25) is 0 Å². The third-order valence-corrected chi connectivity index (χ3v) is 11.7. The summed E-state index contributed by atoms with van der Waals surface area (Å²) in [5.74, 6) is 6.31. The van der Waals surface area contributed by atoms with Crippen molar-refractivity contribution >= 4 is 0 Å². The van der Waals surface area contributed by atoms with Crippen molar-refractivity contribution in [3.63, 3.8) is 0 Å². The summed E-state index contributed by atoms with van der Waals surface area (Å²) in [5.41, 5.74) is 2.86. The van der Waals surface area contributed by atoms with E-state index in [1.165, 1.54) is 77.0 Å². The summed E-state index contributed by atoms with van der Waals surface area (Å²) in [5, 5.41) is 8.79. The summed E-state index contributed by atoms with van der Waals surface area (Å²) in [6, 6.07) is 0. The Kier molecular flexibility index (Phi) is 10.1. The number of fused-ring (bicyclic) bond motifs is 5. The van der Waals surface area contributed by atoms with Gasteiger partial charge in [-0.15, -0.1) is 0 Å². The molecule has 0 heterocycles. The Hall–Kier alpha value is -0.380. The Bertz CT molecular complexity index is 716. The molecule has 3 heteroatoms. The fourth-order valence-corrected chi connectivity index (χ4v) is 9.64. The van der Waals surface area contributed by atoms with Crippen molar-refractivity contribution in [2.45, 2.75) is 112 Å². The number of ether oxygens (including phenoxy) is 2. The van der Waals surface area contributed by atoms with Crippen LogP contribution in [0.4, 0.5) is 0 Å². The number of rotatable bonds is 13. The zero-order chi connectivity index (χ0) is 25.8. The van der Waals surface area contributed by atoms with Crippen molar-refractivity contribution in [2.75, 3.05) is 33.0 Å². The van der Waals surface area contributed by atoms with Crippen LogP contribution in [0.25, 0.3) is 0 Å². The van der Waals surface area contributed by atoms with Crippen LogP contribution < -0.4 is 0 Å². The highest BCUT2D eigenvalue weighted by molar-refractivity contribution is 5.25. The quantitative estimate of drug-likeness (QED) is 0.204. The van der Waals surface area contributed by atoms with Gasteiger partial charge < -0.3 is 14.6 Å². The van der Waals surface area contributed by atoms with E-state index in [4.69, 9.17) is 14.6 Å². The number of hydrogen-bond donors (Lipinski definition) is 1. The first-order chi connectivity index (χ1) is 17.3. The monoisotopic (exact) mass is 502 g/mol. The van der Waals surface area contributed by atoms with Crippen molar-refractivity contribution in [2.24, 2.45) is 52.3 Å². The molecule has 8 atom stereocenters. The minimum absolute atomic E-state index is 0.0932. The molecule has 3 nitrogen and oxygen atoms in total. The molecule has 3 saturated carbocycles. The van der Waals surface area contributed by atoms with Crippen LogP contribution in [-0.4, -0.2) is 38.1 Å². The van der Waals surface area contributed by atoms with Crippen LogP contribution in [0.15, 0.2) is 11.6 Å². The number of hydrogen-bond acceptors (Lipinski definition) is 3. The molecule has 0 amide bonds. The predicted molar refractivity (Wildman–Crippen MR) is 150 cm³/mol. The normalized spacial score (nSPS) is 38.9. The van der Waals surface area contributed by atoms with E-state index < -0.39 is 0 Å². The molecule has 4 aliphatic rings. The maximum Gasteiger partial charge on any atom is 0.0701 e. The lowest BCUT2D eigenvalue weighted by atomic mass is 9.46. The predicted octanol–water partition coefficient (Wildman–Crippen LogP) is 8.06. The van der Waals surface area contributed by atoms with E-state index >= 15 is 0 Å². The van der Waals surface area contributed by atoms with Crippen molar-refractivity contribution in [3.05, 3.63) is 11.6 Å². The van der Waals surface area contributed by atoms with Crippen molar-refractivity contribution in [1.82, 2.24) is 0 Å². The lowest BCUT2D eigenvalue weighted by Gasteiger charge is -2.58. The van der Waals surface area contributed by atoms with E-state index in [0.29, 0.717) is 30.7 Å². The van der Waals surface area contributed by atoms with Gasteiger partial charge in [0.1, 0.15) is 0 Å². The molecule has 4 rings (SSSR count). The van der Waals surface area contributed by atoms with E-state index in [1.54, 1.807) is 0 Å². The van der Waals surface area contributed by atoms with Crippen LogP contribution in [0, 0.1) is 52.3 Å². The van der Waals surface area contributed by atoms with Gasteiger partial charge in [0, 0.05) is 6.61 Å². The minimum Gasteiger partial charge on any atom is -0.394 e. The minimum atomic E-state index is 0.0932. The zero-order valence-electron chi connectivity index (χ0n) is 24.4. The Morgan fingerprint density at radius 2 is 1.69 bits per heavy atom. The molecule has 0 aromatic rings. The van der Waals surface area contributed by atoms with Gasteiger partial charge in [0.05, 0.1) is 26.4 Å². The first kappa shape index (κ1) is 28.6. The van der Waals surface area contributed by atoms with Gasteiger partial charge in [-0.1, -0.05) is 65.5 Å². The molecule has 1 N–H and O–H groups in total. The number of aliphatic hydroxyl groups is 1. The van der Waals surface area contributed by atoms with E-state index in [-0.39, 0.29) is 6.61 Å². The fourth-order valence-electron chi connectivity index (χ4n) is 9.64. The Labute approximate surface area is 223 Å². The molecule has 3 fully saturated rings. The Morgan fingerprint density at radius 3 is 2.44 bits per heavy atom. The van der Waals surface area contributed by atoms with Crippen LogP contribution >= 0.6 is 0 Å². The second-order valence-electron chi connectivity index (χ2n) is 14.1. The second kappa shape index (κ2) is 12.6. The molecular weight excluding hydrogens is 444 g/mol. The molecule has 36 heavy (non-hydrogen) atoms. The lowest BCUT2D eigenvalue weighted by molar-refractivity contribution is -0.0536. The van der Waals surface area contributed by atoms with Gasteiger partial charge in [0.2, 0.25) is 0 Å². The molecule has 0 aromatic heterocycles. The molecule has 0 bridgehead atoms. The first-order valence-corrected chi connectivity index (χ1v) is 15.8. The summed E-state index contributed by atoms with van der Waals surface area (Å²) in [7, 11) is 0. The van der Waals surface area contributed by atoms with E-state index in [1.807, 2.05) is 5.57 Å². The maximum absolute atomic E-state index is 8.79. The van der Waals surface area contributed by atoms with E-state index in [9.17, 15) is 0 Å². The standard InChI is InChI=1S/C33H58O3/c1-24(2)7-6-8-25(3)29-11-12-30-28-10-9-27-23-26(15-19-35-21-22-36-20-18-34)13-16-32(27,4)31(28)14-17-33(29,30)5/h9,24-26,28-31,34H,6-8,10-23H2,1-5H3/t25-,26+,28+,29-,30+,31+,32+,33-/m1/s1. The van der Waals surface area contributed by atoms with E-state index in [2.05, 4.69) is 40.7 Å². The SMILES string of the molecule is CC(C)CCC[C@@H](C)[C@H]1CC[C@H]2[C@@H]3CC=C4C[C@H](CCOCCOCCO)CC[C@]4(C)[C@H]3CC[C@]12C. The van der Waals surface area contributed by atoms with Crippen molar-refractivity contribution in [3.8, 4) is 0 Å². The molecule has 0 aromatic carbocycles. The molecule has 0 radical (unpaired) electrons. The molecule has 208 valence electrons. The summed E-state index contributed by atoms with van der Waals surface area (Å²) in [6.45, 7) is 15.3. The molecule has 0 saturated heterocycles. The Balaban J connectivity index is 1.31. The number of aliphatic hydroxyl groups excluding tert-OH is 1. The highest BCUT2D eigenvalue weighted by atomic mass is 16.5. The van der Waals surface area contributed by atoms with Crippen LogP contribution in [0.5, 0.6) is 0 Å². The van der Waals surface area contributed by atoms with Crippen molar-refractivity contribution in [1.29, 1.82) is 0 Å². The average molecular weight is 503 g/mol. The Morgan fingerprint density at radius 1 is 0.917 bits per heavy atom. The third kappa shape index (κ3) is 6.09.